The summed E-state index contributed by atoms with van der Waals surface area (Å²) >= 11 is 7.98. The van der Waals surface area contributed by atoms with Gasteiger partial charge in [-0.1, -0.05) is 191 Å². The number of halogens is 1. The van der Waals surface area contributed by atoms with Crippen LogP contribution in [0.4, 0.5) is 34.1 Å². The first-order chi connectivity index (χ1) is 28.7. The van der Waals surface area contributed by atoms with Crippen LogP contribution in [0.5, 0.6) is 0 Å². The van der Waals surface area contributed by atoms with Crippen molar-refractivity contribution in [3.8, 4) is 11.1 Å². The first kappa shape index (κ1) is 43.5. The highest BCUT2D eigenvalue weighted by molar-refractivity contribution is 6.36. The molecule has 0 radical (unpaired) electrons. The minimum absolute atomic E-state index is 0.0250. The van der Waals surface area contributed by atoms with Crippen molar-refractivity contribution >= 4 is 45.7 Å². The lowest BCUT2D eigenvalue weighted by Gasteiger charge is -2.34. The quantitative estimate of drug-likeness (QED) is 0.143. The maximum Gasteiger partial charge on any atom is 0.0887 e. The van der Waals surface area contributed by atoms with E-state index < -0.39 is 0 Å². The average Bonchev–Trinajstić information content (AvgIpc) is 3.23. The number of hydrogen-bond acceptors (Lipinski definition) is 2. The molecule has 0 aliphatic heterocycles. The standard InChI is InChI=1S/C58H63ClN2/c1-40-37-52(60(47-30-23-42(24-31-47)55(2,3)4)48-32-25-43(26-33-48)56(5,6)7)54(59)53(38-40)61(49-34-27-45(28-35-49)58(11,12)44-21-17-14-18-22-44)51-36-29-46(57(8,9)10)39-50(51)41-19-15-13-16-20-41/h13-39H,1-12H3. The molecule has 0 aliphatic rings. The fourth-order valence-electron chi connectivity index (χ4n) is 8.21. The second kappa shape index (κ2) is 16.7. The zero-order valence-electron chi connectivity index (χ0n) is 38.4. The highest BCUT2D eigenvalue weighted by Gasteiger charge is 2.28. The van der Waals surface area contributed by atoms with Crippen LogP contribution in [-0.2, 0) is 21.7 Å². The largest absolute Gasteiger partial charge is 0.309 e. The molecule has 0 amide bonds. The highest BCUT2D eigenvalue weighted by Crippen LogP contribution is 2.50. The van der Waals surface area contributed by atoms with E-state index in [9.17, 15) is 0 Å². The summed E-state index contributed by atoms with van der Waals surface area (Å²) < 4.78 is 0. The van der Waals surface area contributed by atoms with E-state index in [0.717, 1.165) is 50.8 Å². The normalized spacial score (nSPS) is 12.3. The van der Waals surface area contributed by atoms with Crippen LogP contribution in [0, 0.1) is 6.92 Å². The lowest BCUT2D eigenvalue weighted by atomic mass is 9.78. The van der Waals surface area contributed by atoms with Crippen molar-refractivity contribution in [2.45, 2.75) is 105 Å². The van der Waals surface area contributed by atoms with Crippen molar-refractivity contribution in [3.63, 3.8) is 0 Å². The van der Waals surface area contributed by atoms with Crippen molar-refractivity contribution < 1.29 is 0 Å². The molecule has 0 aliphatic carbocycles. The Kier molecular flexibility index (Phi) is 11.9. The van der Waals surface area contributed by atoms with Gasteiger partial charge in [-0.3, -0.25) is 0 Å². The van der Waals surface area contributed by atoms with Gasteiger partial charge >= 0.3 is 0 Å². The maximum atomic E-state index is 7.98. The summed E-state index contributed by atoms with van der Waals surface area (Å²) in [6.45, 7) is 27.2. The summed E-state index contributed by atoms with van der Waals surface area (Å²) in [5.41, 5.74) is 15.6. The van der Waals surface area contributed by atoms with Crippen LogP contribution in [0.15, 0.2) is 164 Å². The number of rotatable bonds is 9. The van der Waals surface area contributed by atoms with Gasteiger partial charge in [0.1, 0.15) is 0 Å². The van der Waals surface area contributed by atoms with Crippen molar-refractivity contribution in [3.05, 3.63) is 202 Å². The van der Waals surface area contributed by atoms with E-state index in [-0.39, 0.29) is 21.7 Å². The molecule has 0 heterocycles. The molecule has 0 N–H and O–H groups in total. The van der Waals surface area contributed by atoms with Gasteiger partial charge < -0.3 is 9.80 Å². The molecular weight excluding hydrogens is 760 g/mol. The monoisotopic (exact) mass is 822 g/mol. The van der Waals surface area contributed by atoms with Gasteiger partial charge in [-0.05, 0) is 123 Å². The molecule has 0 unspecified atom stereocenters. The van der Waals surface area contributed by atoms with Gasteiger partial charge in [0.05, 0.1) is 22.1 Å². The zero-order valence-corrected chi connectivity index (χ0v) is 39.1. The van der Waals surface area contributed by atoms with Gasteiger partial charge in [0, 0.05) is 28.0 Å². The van der Waals surface area contributed by atoms with Crippen LogP contribution in [0.2, 0.25) is 5.02 Å². The second-order valence-electron chi connectivity index (χ2n) is 20.3. The predicted octanol–water partition coefficient (Wildman–Crippen LogP) is 17.5. The van der Waals surface area contributed by atoms with Gasteiger partial charge in [0.15, 0.2) is 0 Å². The summed E-state index contributed by atoms with van der Waals surface area (Å²) in [5.74, 6) is 0. The number of benzene rings is 7. The molecule has 0 atom stereocenters. The fourth-order valence-corrected chi connectivity index (χ4v) is 8.49. The Morgan fingerprint density at radius 3 is 1.20 bits per heavy atom. The van der Waals surface area contributed by atoms with Gasteiger partial charge in [0.2, 0.25) is 0 Å². The topological polar surface area (TPSA) is 6.48 Å². The van der Waals surface area contributed by atoms with Crippen LogP contribution in [0.1, 0.15) is 110 Å². The molecule has 0 fully saturated rings. The van der Waals surface area contributed by atoms with Crippen LogP contribution in [0.25, 0.3) is 11.1 Å². The molecule has 3 heteroatoms. The smallest absolute Gasteiger partial charge is 0.0887 e. The molecule has 2 nitrogen and oxygen atoms in total. The van der Waals surface area contributed by atoms with E-state index in [0.29, 0.717) is 5.02 Å². The van der Waals surface area contributed by atoms with Crippen molar-refractivity contribution in [2.75, 3.05) is 9.80 Å². The van der Waals surface area contributed by atoms with Crippen molar-refractivity contribution in [1.82, 2.24) is 0 Å². The molecule has 61 heavy (non-hydrogen) atoms. The molecule has 7 aromatic rings. The first-order valence-electron chi connectivity index (χ1n) is 21.7. The molecule has 0 spiro atoms. The van der Waals surface area contributed by atoms with Crippen LogP contribution in [-0.4, -0.2) is 0 Å². The Balaban J connectivity index is 1.49. The molecule has 7 rings (SSSR count). The lowest BCUT2D eigenvalue weighted by Crippen LogP contribution is -2.19. The highest BCUT2D eigenvalue weighted by atomic mass is 35.5. The third-order valence-corrected chi connectivity index (χ3v) is 12.6. The Labute approximate surface area is 371 Å². The number of nitrogens with zero attached hydrogens (tertiary/aromatic N) is 2. The maximum absolute atomic E-state index is 7.98. The first-order valence-corrected chi connectivity index (χ1v) is 22.1. The summed E-state index contributed by atoms with van der Waals surface area (Å²) in [7, 11) is 0. The number of anilines is 6. The van der Waals surface area contributed by atoms with E-state index in [1.807, 2.05) is 0 Å². The fraction of sp³-hybridized carbons (Fsp3) is 0.276. The third-order valence-electron chi connectivity index (χ3n) is 12.2. The molecule has 0 saturated heterocycles. The summed E-state index contributed by atoms with van der Waals surface area (Å²) in [6, 6.07) is 60.0. The molecule has 0 aromatic heterocycles. The Morgan fingerprint density at radius 2 is 0.738 bits per heavy atom. The van der Waals surface area contributed by atoms with Gasteiger partial charge in [-0.2, -0.15) is 0 Å². The third kappa shape index (κ3) is 9.21. The minimum atomic E-state index is -0.187. The molecular formula is C58H63ClN2. The SMILES string of the molecule is Cc1cc(N(c2ccc(C(C)(C)C)cc2)c2ccc(C(C)(C)C)cc2)c(Cl)c(N(c2ccc(C(C)(C)c3ccccc3)cc2)c2ccc(C(C)(C)C)cc2-c2ccccc2)c1. The van der Waals surface area contributed by atoms with E-state index in [1.54, 1.807) is 0 Å². The van der Waals surface area contributed by atoms with Gasteiger partial charge in [-0.25, -0.2) is 0 Å². The zero-order chi connectivity index (χ0) is 43.9. The van der Waals surface area contributed by atoms with Gasteiger partial charge in [-0.15, -0.1) is 0 Å². The molecule has 0 bridgehead atoms. The van der Waals surface area contributed by atoms with E-state index in [2.05, 4.69) is 257 Å². The molecule has 7 aromatic carbocycles. The summed E-state index contributed by atoms with van der Waals surface area (Å²) in [4.78, 5) is 4.69. The van der Waals surface area contributed by atoms with Crippen LogP contribution in [0.3, 0.4) is 0 Å². The molecule has 312 valence electrons. The Bertz CT molecular complexity index is 2530. The van der Waals surface area contributed by atoms with E-state index >= 15 is 0 Å². The minimum Gasteiger partial charge on any atom is -0.309 e. The van der Waals surface area contributed by atoms with E-state index in [1.165, 1.54) is 27.8 Å². The molecule has 0 saturated carbocycles. The average molecular weight is 824 g/mol. The van der Waals surface area contributed by atoms with Crippen molar-refractivity contribution in [2.24, 2.45) is 0 Å². The van der Waals surface area contributed by atoms with Gasteiger partial charge in [0.25, 0.3) is 0 Å². The Morgan fingerprint density at radius 1 is 0.361 bits per heavy atom. The van der Waals surface area contributed by atoms with Crippen LogP contribution >= 0.6 is 11.6 Å². The van der Waals surface area contributed by atoms with Crippen molar-refractivity contribution in [1.29, 1.82) is 0 Å². The Hall–Kier alpha value is -5.57. The van der Waals surface area contributed by atoms with Crippen LogP contribution < -0.4 is 9.80 Å². The predicted molar refractivity (Wildman–Crippen MR) is 266 cm³/mol. The second-order valence-corrected chi connectivity index (χ2v) is 20.6. The van der Waals surface area contributed by atoms with E-state index in [4.69, 9.17) is 11.6 Å². The number of aryl methyl sites for hydroxylation is 1. The summed E-state index contributed by atoms with van der Waals surface area (Å²) in [6.07, 6.45) is 0. The number of hydrogen-bond donors (Lipinski definition) is 0. The summed E-state index contributed by atoms with van der Waals surface area (Å²) in [5, 5.41) is 0.665. The lowest BCUT2D eigenvalue weighted by molar-refractivity contribution is 0.590.